The van der Waals surface area contributed by atoms with Crippen LogP contribution in [-0.4, -0.2) is 40.1 Å². The molecule has 126 valence electrons. The molecule has 1 saturated heterocycles. The fourth-order valence-corrected chi connectivity index (χ4v) is 3.77. The van der Waals surface area contributed by atoms with E-state index in [1.807, 2.05) is 25.3 Å². The molecule has 1 aliphatic heterocycles. The highest BCUT2D eigenvalue weighted by Crippen LogP contribution is 2.56. The van der Waals surface area contributed by atoms with Gasteiger partial charge >= 0.3 is 5.97 Å². The Morgan fingerprint density at radius 2 is 2.21 bits per heavy atom. The van der Waals surface area contributed by atoms with Crippen molar-refractivity contribution in [2.45, 2.75) is 32.6 Å². The molecule has 0 bridgehead atoms. The first-order valence-corrected chi connectivity index (χ1v) is 8.15. The third-order valence-corrected chi connectivity index (χ3v) is 5.25. The molecule has 7 heteroatoms. The van der Waals surface area contributed by atoms with Gasteiger partial charge in [0.25, 0.3) is 0 Å². The van der Waals surface area contributed by atoms with Gasteiger partial charge in [-0.25, -0.2) is 9.50 Å². The number of nitrogens with one attached hydrogen (secondary N) is 1. The van der Waals surface area contributed by atoms with E-state index in [4.69, 9.17) is 4.74 Å². The summed E-state index contributed by atoms with van der Waals surface area (Å²) in [5.74, 6) is -0.731. The lowest BCUT2D eigenvalue weighted by atomic mass is 9.71. The quantitative estimate of drug-likeness (QED) is 0.672. The van der Waals surface area contributed by atoms with Crippen LogP contribution < -0.4 is 5.32 Å². The molecule has 4 rings (SSSR count). The maximum absolute atomic E-state index is 12.6. The maximum Gasteiger partial charge on any atom is 0.321 e. The topological polar surface area (TPSA) is 85.6 Å². The number of ether oxygens (including phenoxy) is 1. The molecule has 0 aromatic carbocycles. The van der Waals surface area contributed by atoms with Crippen molar-refractivity contribution in [3.05, 3.63) is 29.7 Å². The normalized spacial score (nSPS) is 24.8. The van der Waals surface area contributed by atoms with E-state index in [-0.39, 0.29) is 17.7 Å². The Kier molecular flexibility index (Phi) is 3.16. The summed E-state index contributed by atoms with van der Waals surface area (Å²) >= 11 is 0. The zero-order chi connectivity index (χ0) is 16.9. The molecule has 0 radical (unpaired) electrons. The minimum atomic E-state index is -1.19. The van der Waals surface area contributed by atoms with Crippen molar-refractivity contribution in [3.63, 3.8) is 0 Å². The third-order valence-electron chi connectivity index (χ3n) is 5.25. The van der Waals surface area contributed by atoms with Crippen molar-refractivity contribution < 1.29 is 14.3 Å². The van der Waals surface area contributed by atoms with Gasteiger partial charge in [-0.2, -0.15) is 5.10 Å². The van der Waals surface area contributed by atoms with E-state index in [9.17, 15) is 9.59 Å². The highest BCUT2D eigenvalue weighted by Gasteiger charge is 2.60. The van der Waals surface area contributed by atoms with E-state index < -0.39 is 11.4 Å². The van der Waals surface area contributed by atoms with E-state index in [1.54, 1.807) is 4.52 Å². The number of hydrogen-bond acceptors (Lipinski definition) is 5. The Hall–Kier alpha value is -2.44. The summed E-state index contributed by atoms with van der Waals surface area (Å²) in [6.07, 6.45) is 4.67. The maximum atomic E-state index is 12.6. The van der Waals surface area contributed by atoms with Gasteiger partial charge in [-0.05, 0) is 43.7 Å². The van der Waals surface area contributed by atoms with Crippen LogP contribution in [0.1, 0.15) is 30.7 Å². The minimum Gasteiger partial charge on any atom is -0.468 e. The van der Waals surface area contributed by atoms with Crippen LogP contribution in [0.15, 0.2) is 18.3 Å². The van der Waals surface area contributed by atoms with Gasteiger partial charge in [-0.1, -0.05) is 0 Å². The summed E-state index contributed by atoms with van der Waals surface area (Å²) in [4.78, 5) is 29.5. The summed E-state index contributed by atoms with van der Waals surface area (Å²) in [7, 11) is 1.33. The lowest BCUT2D eigenvalue weighted by molar-refractivity contribution is -0.163. The molecular weight excluding hydrogens is 308 g/mol. The van der Waals surface area contributed by atoms with Crippen LogP contribution in [0.4, 0.5) is 0 Å². The molecule has 2 aliphatic rings. The summed E-state index contributed by atoms with van der Waals surface area (Å²) in [6.45, 7) is 2.55. The summed E-state index contributed by atoms with van der Waals surface area (Å²) in [5.41, 5.74) is 1.15. The van der Waals surface area contributed by atoms with Gasteiger partial charge in [-0.15, -0.1) is 0 Å². The number of fused-ring (bicyclic) bond motifs is 1. The molecule has 2 fully saturated rings. The van der Waals surface area contributed by atoms with Crippen LogP contribution in [0.25, 0.3) is 5.65 Å². The Morgan fingerprint density at radius 1 is 1.42 bits per heavy atom. The zero-order valence-corrected chi connectivity index (χ0v) is 13.8. The number of esters is 1. The largest absolute Gasteiger partial charge is 0.468 e. The monoisotopic (exact) mass is 328 g/mol. The lowest BCUT2D eigenvalue weighted by Gasteiger charge is -2.37. The van der Waals surface area contributed by atoms with Crippen molar-refractivity contribution in [1.29, 1.82) is 0 Å². The van der Waals surface area contributed by atoms with Crippen molar-refractivity contribution in [2.75, 3.05) is 13.7 Å². The molecule has 2 aromatic heterocycles. The van der Waals surface area contributed by atoms with Gasteiger partial charge < -0.3 is 10.1 Å². The molecular formula is C17H20N4O3. The van der Waals surface area contributed by atoms with E-state index in [1.165, 1.54) is 7.11 Å². The number of carbonyl (C=O) groups is 2. The van der Waals surface area contributed by atoms with E-state index >= 15 is 0 Å². The molecule has 1 unspecified atom stereocenters. The lowest BCUT2D eigenvalue weighted by Crippen LogP contribution is -2.56. The van der Waals surface area contributed by atoms with Crippen LogP contribution in [0.5, 0.6) is 0 Å². The van der Waals surface area contributed by atoms with Crippen LogP contribution in [-0.2, 0) is 20.7 Å². The molecule has 2 aromatic rings. The second-order valence-electron chi connectivity index (χ2n) is 7.12. The highest BCUT2D eigenvalue weighted by molar-refractivity contribution is 6.03. The van der Waals surface area contributed by atoms with Gasteiger partial charge in [-0.3, -0.25) is 9.59 Å². The first-order chi connectivity index (χ1) is 11.5. The van der Waals surface area contributed by atoms with Crippen LogP contribution in [0, 0.1) is 17.8 Å². The fourth-order valence-electron chi connectivity index (χ4n) is 3.77. The summed E-state index contributed by atoms with van der Waals surface area (Å²) in [5, 5.41) is 7.44. The van der Waals surface area contributed by atoms with Gasteiger partial charge in [0.1, 0.15) is 0 Å². The number of amides is 1. The number of imidazole rings is 1. The Balaban J connectivity index is 1.72. The van der Waals surface area contributed by atoms with Crippen molar-refractivity contribution >= 4 is 17.5 Å². The molecule has 1 amide bonds. The van der Waals surface area contributed by atoms with Crippen LogP contribution in [0.3, 0.4) is 0 Å². The van der Waals surface area contributed by atoms with Gasteiger partial charge in [0.15, 0.2) is 11.1 Å². The third kappa shape index (κ3) is 2.26. The molecule has 3 heterocycles. The second-order valence-corrected chi connectivity index (χ2v) is 7.12. The minimum absolute atomic E-state index is 0.0534. The average molecular weight is 328 g/mol. The average Bonchev–Trinajstić information content (AvgIpc) is 3.21. The molecule has 1 N–H and O–H groups in total. The Labute approximate surface area is 139 Å². The summed E-state index contributed by atoms with van der Waals surface area (Å²) < 4.78 is 6.69. The predicted molar refractivity (Wildman–Crippen MR) is 85.2 cm³/mol. The Bertz CT molecular complexity index is 829. The number of hydrogen-bond donors (Lipinski definition) is 1. The molecule has 1 atom stereocenters. The number of rotatable bonds is 3. The van der Waals surface area contributed by atoms with E-state index in [0.29, 0.717) is 18.7 Å². The van der Waals surface area contributed by atoms with Gasteiger partial charge in [0.05, 0.1) is 24.7 Å². The van der Waals surface area contributed by atoms with Crippen LogP contribution in [0.2, 0.25) is 0 Å². The molecule has 7 nitrogen and oxygen atoms in total. The molecule has 24 heavy (non-hydrogen) atoms. The zero-order valence-electron chi connectivity index (χ0n) is 13.8. The number of aromatic nitrogens is 3. The number of carbonyl (C=O) groups excluding carboxylic acids is 2. The van der Waals surface area contributed by atoms with Crippen molar-refractivity contribution in [3.8, 4) is 0 Å². The fraction of sp³-hybridized carbons (Fsp3) is 0.529. The standard InChI is InChI=1S/C17H20N4O3/c1-11-8-21-13(19-11)4-3-12(20-21)7-17(15(23)24-2)9-16(5-6-16)10-18-14(17)22/h3-4,8H,5-7,9-10H2,1-2H3,(H,18,22). The van der Waals surface area contributed by atoms with E-state index in [0.717, 1.165) is 24.2 Å². The Morgan fingerprint density at radius 3 is 2.92 bits per heavy atom. The summed E-state index contributed by atoms with van der Waals surface area (Å²) in [6, 6.07) is 3.68. The van der Waals surface area contributed by atoms with Crippen molar-refractivity contribution in [2.24, 2.45) is 10.8 Å². The van der Waals surface area contributed by atoms with Crippen LogP contribution >= 0.6 is 0 Å². The van der Waals surface area contributed by atoms with Crippen molar-refractivity contribution in [1.82, 2.24) is 19.9 Å². The number of aryl methyl sites for hydroxylation is 1. The second kappa shape index (κ2) is 5.03. The highest BCUT2D eigenvalue weighted by atomic mass is 16.5. The molecule has 1 saturated carbocycles. The van der Waals surface area contributed by atoms with Gasteiger partial charge in [0.2, 0.25) is 5.91 Å². The molecule has 1 spiro atoms. The predicted octanol–water partition coefficient (Wildman–Crippen LogP) is 1.04. The smallest absolute Gasteiger partial charge is 0.321 e. The number of methoxy groups -OCH3 is 1. The molecule has 1 aliphatic carbocycles. The number of piperidine rings is 1. The SMILES string of the molecule is COC(=O)C1(Cc2ccc3nc(C)cn3n2)CC2(CC2)CNC1=O. The first kappa shape index (κ1) is 15.1. The number of nitrogens with zero attached hydrogens (tertiary/aromatic N) is 3. The first-order valence-electron chi connectivity index (χ1n) is 8.15. The van der Waals surface area contributed by atoms with Gasteiger partial charge in [0, 0.05) is 13.0 Å². The van der Waals surface area contributed by atoms with E-state index in [2.05, 4.69) is 15.4 Å².